The van der Waals surface area contributed by atoms with Gasteiger partial charge in [-0.2, -0.15) is 0 Å². The molecule has 2 atom stereocenters. The number of aromatic nitrogens is 3. The summed E-state index contributed by atoms with van der Waals surface area (Å²) in [6, 6.07) is 13.6. The monoisotopic (exact) mass is 409 g/mol. The largest absolute Gasteiger partial charge is 0.444 e. The number of rotatable bonds is 4. The zero-order valence-corrected chi connectivity index (χ0v) is 17.7. The van der Waals surface area contributed by atoms with Crippen LogP contribution in [0.3, 0.4) is 0 Å². The number of imidazole rings is 1. The summed E-state index contributed by atoms with van der Waals surface area (Å²) in [5, 5.41) is 3.42. The molecule has 8 heteroatoms. The first-order chi connectivity index (χ1) is 14.3. The Morgan fingerprint density at radius 2 is 1.93 bits per heavy atom. The van der Waals surface area contributed by atoms with Crippen LogP contribution in [0.5, 0.6) is 0 Å². The maximum atomic E-state index is 12.4. The van der Waals surface area contributed by atoms with Gasteiger partial charge in [0, 0.05) is 13.7 Å². The molecule has 0 saturated carbocycles. The van der Waals surface area contributed by atoms with Gasteiger partial charge in [-0.05, 0) is 45.0 Å². The van der Waals surface area contributed by atoms with Gasteiger partial charge in [-0.25, -0.2) is 14.8 Å². The number of anilines is 1. The highest BCUT2D eigenvalue weighted by molar-refractivity contribution is 5.76. The average molecular weight is 409 g/mol. The number of pyridine rings is 1. The van der Waals surface area contributed by atoms with Crippen molar-refractivity contribution in [2.75, 3.05) is 25.5 Å². The zero-order valence-electron chi connectivity index (χ0n) is 17.7. The van der Waals surface area contributed by atoms with Crippen LogP contribution >= 0.6 is 0 Å². The van der Waals surface area contributed by atoms with Crippen molar-refractivity contribution in [3.05, 3.63) is 48.8 Å². The van der Waals surface area contributed by atoms with Gasteiger partial charge in [0.05, 0.1) is 29.7 Å². The Morgan fingerprint density at radius 3 is 2.70 bits per heavy atom. The van der Waals surface area contributed by atoms with E-state index in [1.165, 1.54) is 0 Å². The molecule has 1 aliphatic rings. The lowest BCUT2D eigenvalue weighted by molar-refractivity contribution is 0.0252. The number of para-hydroxylation sites is 2. The van der Waals surface area contributed by atoms with E-state index in [4.69, 9.17) is 14.5 Å². The van der Waals surface area contributed by atoms with Crippen molar-refractivity contribution < 1.29 is 14.3 Å². The second-order valence-corrected chi connectivity index (χ2v) is 8.39. The van der Waals surface area contributed by atoms with Crippen molar-refractivity contribution in [1.29, 1.82) is 0 Å². The number of amides is 1. The molecule has 1 N–H and O–H groups in total. The average Bonchev–Trinajstić information content (AvgIpc) is 3.31. The highest BCUT2D eigenvalue weighted by Crippen LogP contribution is 2.22. The highest BCUT2D eigenvalue weighted by Gasteiger charge is 2.37. The summed E-state index contributed by atoms with van der Waals surface area (Å²) in [6.45, 7) is 6.53. The van der Waals surface area contributed by atoms with Crippen LogP contribution in [-0.2, 0) is 9.47 Å². The van der Waals surface area contributed by atoms with E-state index in [1.807, 2.05) is 67.8 Å². The second-order valence-electron chi connectivity index (χ2n) is 8.39. The Hall–Kier alpha value is -3.13. The van der Waals surface area contributed by atoms with Crippen LogP contribution < -0.4 is 5.32 Å². The van der Waals surface area contributed by atoms with Crippen molar-refractivity contribution in [3.8, 4) is 5.82 Å². The lowest BCUT2D eigenvalue weighted by Gasteiger charge is -2.24. The first kappa shape index (κ1) is 20.2. The maximum Gasteiger partial charge on any atom is 0.410 e. The molecule has 0 radical (unpaired) electrons. The van der Waals surface area contributed by atoms with Crippen molar-refractivity contribution in [2.24, 2.45) is 0 Å². The number of benzene rings is 1. The predicted octanol–water partition coefficient (Wildman–Crippen LogP) is 3.47. The molecule has 0 unspecified atom stereocenters. The number of carbonyl (C=O) groups is 1. The van der Waals surface area contributed by atoms with Crippen LogP contribution in [0.1, 0.15) is 20.8 Å². The van der Waals surface area contributed by atoms with Gasteiger partial charge in [-0.15, -0.1) is 0 Å². The third-order valence-corrected chi connectivity index (χ3v) is 4.99. The fourth-order valence-electron chi connectivity index (χ4n) is 3.60. The van der Waals surface area contributed by atoms with Gasteiger partial charge in [0.15, 0.2) is 0 Å². The van der Waals surface area contributed by atoms with E-state index in [2.05, 4.69) is 10.3 Å². The van der Waals surface area contributed by atoms with E-state index < -0.39 is 5.60 Å². The van der Waals surface area contributed by atoms with Crippen LogP contribution in [-0.4, -0.2) is 63.5 Å². The van der Waals surface area contributed by atoms with Gasteiger partial charge in [-0.3, -0.25) is 4.57 Å². The van der Waals surface area contributed by atoms with E-state index in [1.54, 1.807) is 18.3 Å². The van der Waals surface area contributed by atoms with Crippen molar-refractivity contribution >= 4 is 22.9 Å². The molecule has 30 heavy (non-hydrogen) atoms. The zero-order chi connectivity index (χ0) is 21.3. The van der Waals surface area contributed by atoms with Gasteiger partial charge < -0.3 is 19.7 Å². The Balaban J connectivity index is 1.51. The van der Waals surface area contributed by atoms with E-state index in [9.17, 15) is 4.79 Å². The van der Waals surface area contributed by atoms with Gasteiger partial charge in [0.25, 0.3) is 0 Å². The molecule has 1 saturated heterocycles. The second kappa shape index (κ2) is 7.95. The fourth-order valence-corrected chi connectivity index (χ4v) is 3.60. The SMILES string of the molecule is CO[C@@H]1CN(C(=O)OC(C)(C)C)C[C@H]1Nc1cccc(-n2cnc3ccccc32)n1. The summed E-state index contributed by atoms with van der Waals surface area (Å²) in [6.07, 6.45) is 1.28. The molecule has 1 fully saturated rings. The van der Waals surface area contributed by atoms with E-state index >= 15 is 0 Å². The maximum absolute atomic E-state index is 12.4. The van der Waals surface area contributed by atoms with Gasteiger partial charge in [0.1, 0.15) is 23.6 Å². The normalized spacial score (nSPS) is 19.3. The molecule has 1 aliphatic heterocycles. The Bertz CT molecular complexity index is 1040. The summed E-state index contributed by atoms with van der Waals surface area (Å²) in [7, 11) is 1.65. The first-order valence-electron chi connectivity index (χ1n) is 10.0. The quantitative estimate of drug-likeness (QED) is 0.711. The minimum absolute atomic E-state index is 0.0928. The first-order valence-corrected chi connectivity index (χ1v) is 10.0. The van der Waals surface area contributed by atoms with E-state index in [0.29, 0.717) is 18.9 Å². The number of fused-ring (bicyclic) bond motifs is 1. The smallest absolute Gasteiger partial charge is 0.410 e. The summed E-state index contributed by atoms with van der Waals surface area (Å²) in [5.74, 6) is 1.48. The fraction of sp³-hybridized carbons (Fsp3) is 0.409. The summed E-state index contributed by atoms with van der Waals surface area (Å²) in [5.41, 5.74) is 1.38. The van der Waals surface area contributed by atoms with Crippen LogP contribution in [0, 0.1) is 0 Å². The molecular formula is C22H27N5O3. The molecule has 3 heterocycles. The van der Waals surface area contributed by atoms with Crippen LogP contribution in [0.4, 0.5) is 10.6 Å². The molecule has 8 nitrogen and oxygen atoms in total. The summed E-state index contributed by atoms with van der Waals surface area (Å²) in [4.78, 5) is 23.3. The van der Waals surface area contributed by atoms with E-state index in [-0.39, 0.29) is 18.2 Å². The van der Waals surface area contributed by atoms with Crippen molar-refractivity contribution in [2.45, 2.75) is 38.5 Å². The lowest BCUT2D eigenvalue weighted by Crippen LogP contribution is -2.36. The Kier molecular flexibility index (Phi) is 5.34. The molecule has 1 aromatic carbocycles. The Morgan fingerprint density at radius 1 is 1.13 bits per heavy atom. The third kappa shape index (κ3) is 4.23. The number of nitrogens with zero attached hydrogens (tertiary/aromatic N) is 4. The number of likely N-dealkylation sites (tertiary alicyclic amines) is 1. The van der Waals surface area contributed by atoms with E-state index in [0.717, 1.165) is 16.9 Å². The van der Waals surface area contributed by atoms with Crippen LogP contribution in [0.25, 0.3) is 16.9 Å². The number of hydrogen-bond donors (Lipinski definition) is 1. The molecule has 0 aliphatic carbocycles. The molecule has 0 spiro atoms. The molecular weight excluding hydrogens is 382 g/mol. The molecule has 1 amide bonds. The number of methoxy groups -OCH3 is 1. The lowest BCUT2D eigenvalue weighted by atomic mass is 10.2. The molecule has 0 bridgehead atoms. The Labute approximate surface area is 175 Å². The number of carbonyl (C=O) groups excluding carboxylic acids is 1. The molecule has 4 rings (SSSR count). The van der Waals surface area contributed by atoms with Gasteiger partial charge in [-0.1, -0.05) is 18.2 Å². The highest BCUT2D eigenvalue weighted by atomic mass is 16.6. The standard InChI is InChI=1S/C22H27N5O3/c1-22(2,3)30-21(28)26-12-16(18(13-26)29-4)24-19-10-7-11-20(25-19)27-14-23-15-8-5-6-9-17(15)27/h5-11,14,16,18H,12-13H2,1-4H3,(H,24,25)/t16-,18-/m1/s1. The third-order valence-electron chi connectivity index (χ3n) is 4.99. The molecule has 158 valence electrons. The summed E-state index contributed by atoms with van der Waals surface area (Å²) < 4.78 is 13.1. The topological polar surface area (TPSA) is 81.5 Å². The summed E-state index contributed by atoms with van der Waals surface area (Å²) >= 11 is 0. The van der Waals surface area contributed by atoms with Crippen LogP contribution in [0.15, 0.2) is 48.8 Å². The predicted molar refractivity (Wildman–Crippen MR) is 115 cm³/mol. The van der Waals surface area contributed by atoms with Crippen molar-refractivity contribution in [3.63, 3.8) is 0 Å². The number of ether oxygens (including phenoxy) is 2. The number of hydrogen-bond acceptors (Lipinski definition) is 6. The molecule has 2 aromatic heterocycles. The van der Waals surface area contributed by atoms with Gasteiger partial charge >= 0.3 is 6.09 Å². The number of nitrogens with one attached hydrogen (secondary N) is 1. The minimum Gasteiger partial charge on any atom is -0.444 e. The van der Waals surface area contributed by atoms with Crippen molar-refractivity contribution in [1.82, 2.24) is 19.4 Å². The van der Waals surface area contributed by atoms with Gasteiger partial charge in [0.2, 0.25) is 0 Å². The van der Waals surface area contributed by atoms with Crippen LogP contribution in [0.2, 0.25) is 0 Å². The minimum atomic E-state index is -0.533. The molecule has 3 aromatic rings.